The summed E-state index contributed by atoms with van der Waals surface area (Å²) in [6, 6.07) is 21.3. The van der Waals surface area contributed by atoms with Crippen molar-refractivity contribution in [3.8, 4) is 0 Å². The van der Waals surface area contributed by atoms with Crippen LogP contribution < -0.4 is 4.57 Å². The van der Waals surface area contributed by atoms with Gasteiger partial charge in [-0.2, -0.15) is 4.57 Å². The van der Waals surface area contributed by atoms with Crippen LogP contribution in [0.1, 0.15) is 11.3 Å². The molecule has 88 valence electrons. The molecule has 1 heteroatoms. The minimum atomic E-state index is 0.928. The summed E-state index contributed by atoms with van der Waals surface area (Å²) in [7, 11) is 0. The van der Waals surface area contributed by atoms with E-state index in [4.69, 9.17) is 0 Å². The number of hydrogen-bond donors (Lipinski definition) is 0. The molecule has 0 bridgehead atoms. The molecular weight excluding hydrogens is 218 g/mol. The zero-order valence-corrected chi connectivity index (χ0v) is 10.5. The molecule has 1 aromatic heterocycles. The Balaban J connectivity index is 2.04. The fraction of sp³-hybridized carbons (Fsp3) is 0.118. The molecule has 1 heterocycles. The lowest BCUT2D eigenvalue weighted by molar-refractivity contribution is -0.693. The van der Waals surface area contributed by atoms with Crippen molar-refractivity contribution in [3.05, 3.63) is 78.1 Å². The van der Waals surface area contributed by atoms with Crippen LogP contribution in [0, 0.1) is 6.92 Å². The molecule has 0 fully saturated rings. The largest absolute Gasteiger partial charge is 0.198 e. The van der Waals surface area contributed by atoms with E-state index in [0.29, 0.717) is 0 Å². The van der Waals surface area contributed by atoms with Crippen LogP contribution in [0.15, 0.2) is 66.9 Å². The van der Waals surface area contributed by atoms with E-state index in [9.17, 15) is 0 Å². The third-order valence-electron chi connectivity index (χ3n) is 3.30. The van der Waals surface area contributed by atoms with E-state index < -0.39 is 0 Å². The molecule has 0 radical (unpaired) electrons. The van der Waals surface area contributed by atoms with Gasteiger partial charge in [0.1, 0.15) is 0 Å². The van der Waals surface area contributed by atoms with Gasteiger partial charge in [0.25, 0.3) is 0 Å². The average molecular weight is 234 g/mol. The molecule has 0 unspecified atom stereocenters. The molecule has 0 atom stereocenters. The molecule has 2 aromatic carbocycles. The Morgan fingerprint density at radius 2 is 1.50 bits per heavy atom. The second-order valence-corrected chi connectivity index (χ2v) is 4.66. The van der Waals surface area contributed by atoms with Gasteiger partial charge in [-0.05, 0) is 11.5 Å². The standard InChI is InChI=1S/C17H16N/c1-14-11-16-9-5-6-10-17(16)13-18(14)12-15-7-3-2-4-8-15/h2-11,13H,12H2,1H3/q+1. The number of pyridine rings is 1. The Morgan fingerprint density at radius 1 is 0.833 bits per heavy atom. The lowest BCUT2D eigenvalue weighted by atomic mass is 10.1. The number of hydrogen-bond acceptors (Lipinski definition) is 0. The van der Waals surface area contributed by atoms with Crippen molar-refractivity contribution in [1.82, 2.24) is 0 Å². The topological polar surface area (TPSA) is 3.88 Å². The zero-order valence-electron chi connectivity index (χ0n) is 10.5. The highest BCUT2D eigenvalue weighted by Gasteiger charge is 2.08. The third-order valence-corrected chi connectivity index (χ3v) is 3.30. The van der Waals surface area contributed by atoms with Crippen molar-refractivity contribution in [3.63, 3.8) is 0 Å². The van der Waals surface area contributed by atoms with Crippen LogP contribution >= 0.6 is 0 Å². The van der Waals surface area contributed by atoms with Gasteiger partial charge < -0.3 is 0 Å². The lowest BCUT2D eigenvalue weighted by Crippen LogP contribution is -2.37. The molecule has 1 nitrogen and oxygen atoms in total. The first-order valence-corrected chi connectivity index (χ1v) is 6.26. The fourth-order valence-electron chi connectivity index (χ4n) is 2.29. The minimum absolute atomic E-state index is 0.928. The van der Waals surface area contributed by atoms with Gasteiger partial charge in [-0.1, -0.05) is 48.5 Å². The van der Waals surface area contributed by atoms with Gasteiger partial charge in [-0.25, -0.2) is 0 Å². The maximum atomic E-state index is 2.30. The smallest absolute Gasteiger partial charge is 0.179 e. The van der Waals surface area contributed by atoms with Crippen LogP contribution in [-0.4, -0.2) is 0 Å². The molecule has 18 heavy (non-hydrogen) atoms. The van der Waals surface area contributed by atoms with Crippen LogP contribution in [0.5, 0.6) is 0 Å². The summed E-state index contributed by atoms with van der Waals surface area (Å²) in [5, 5.41) is 2.60. The Bertz CT molecular complexity index is 672. The summed E-state index contributed by atoms with van der Waals surface area (Å²) in [5.74, 6) is 0. The van der Waals surface area contributed by atoms with Crippen LogP contribution in [0.3, 0.4) is 0 Å². The number of nitrogens with zero attached hydrogens (tertiary/aromatic N) is 1. The molecular formula is C17H16N+. The second kappa shape index (κ2) is 4.61. The summed E-state index contributed by atoms with van der Waals surface area (Å²) < 4.78 is 2.30. The van der Waals surface area contributed by atoms with E-state index in [1.165, 1.54) is 22.0 Å². The summed E-state index contributed by atoms with van der Waals surface area (Å²) >= 11 is 0. The first kappa shape index (κ1) is 11.0. The number of rotatable bonds is 2. The van der Waals surface area contributed by atoms with E-state index >= 15 is 0 Å². The Kier molecular flexibility index (Phi) is 2.81. The summed E-state index contributed by atoms with van der Waals surface area (Å²) in [5.41, 5.74) is 2.62. The Labute approximate surface area is 107 Å². The maximum Gasteiger partial charge on any atom is 0.179 e. The number of fused-ring (bicyclic) bond motifs is 1. The third kappa shape index (κ3) is 2.12. The van der Waals surface area contributed by atoms with Gasteiger partial charge in [-0.3, -0.25) is 0 Å². The molecule has 3 rings (SSSR count). The Hall–Kier alpha value is -2.15. The molecule has 0 saturated heterocycles. The molecule has 3 aromatic rings. The highest BCUT2D eigenvalue weighted by molar-refractivity contribution is 5.80. The normalized spacial score (nSPS) is 10.7. The summed E-state index contributed by atoms with van der Waals surface area (Å²) in [4.78, 5) is 0. The van der Waals surface area contributed by atoms with Gasteiger partial charge >= 0.3 is 0 Å². The molecule has 0 saturated carbocycles. The highest BCUT2D eigenvalue weighted by Crippen LogP contribution is 2.12. The molecule has 0 spiro atoms. The average Bonchev–Trinajstić information content (AvgIpc) is 2.41. The monoisotopic (exact) mass is 234 g/mol. The van der Waals surface area contributed by atoms with Gasteiger partial charge in [0.2, 0.25) is 0 Å². The van der Waals surface area contributed by atoms with Crippen LogP contribution in [0.2, 0.25) is 0 Å². The SMILES string of the molecule is Cc1cc2ccccc2c[n+]1Cc1ccccc1. The van der Waals surface area contributed by atoms with Crippen molar-refractivity contribution in [1.29, 1.82) is 0 Å². The lowest BCUT2D eigenvalue weighted by Gasteiger charge is -2.03. The van der Waals surface area contributed by atoms with Gasteiger partial charge in [-0.15, -0.1) is 0 Å². The first-order chi connectivity index (χ1) is 8.83. The Morgan fingerprint density at radius 3 is 2.28 bits per heavy atom. The minimum Gasteiger partial charge on any atom is -0.198 e. The van der Waals surface area contributed by atoms with Crippen molar-refractivity contribution >= 4 is 10.8 Å². The fourth-order valence-corrected chi connectivity index (χ4v) is 2.29. The first-order valence-electron chi connectivity index (χ1n) is 6.26. The van der Waals surface area contributed by atoms with Crippen LogP contribution in [-0.2, 0) is 6.54 Å². The van der Waals surface area contributed by atoms with Crippen molar-refractivity contribution in [2.45, 2.75) is 13.5 Å². The predicted octanol–water partition coefficient (Wildman–Crippen LogP) is 3.48. The van der Waals surface area contributed by atoms with E-state index in [0.717, 1.165) is 6.54 Å². The highest BCUT2D eigenvalue weighted by atomic mass is 14.9. The summed E-state index contributed by atoms with van der Waals surface area (Å²) in [6.45, 7) is 3.09. The number of benzene rings is 2. The van der Waals surface area contributed by atoms with Crippen molar-refractivity contribution < 1.29 is 4.57 Å². The van der Waals surface area contributed by atoms with Gasteiger partial charge in [0.15, 0.2) is 18.4 Å². The number of aromatic nitrogens is 1. The zero-order chi connectivity index (χ0) is 12.4. The van der Waals surface area contributed by atoms with E-state index in [-0.39, 0.29) is 0 Å². The van der Waals surface area contributed by atoms with Gasteiger partial charge in [0.05, 0.1) is 0 Å². The van der Waals surface area contributed by atoms with Crippen molar-refractivity contribution in [2.75, 3.05) is 0 Å². The quantitative estimate of drug-likeness (QED) is 0.598. The molecule has 0 aliphatic heterocycles. The van der Waals surface area contributed by atoms with E-state index in [1.54, 1.807) is 0 Å². The predicted molar refractivity (Wildman–Crippen MR) is 74.4 cm³/mol. The van der Waals surface area contributed by atoms with Crippen LogP contribution in [0.4, 0.5) is 0 Å². The molecule has 0 amide bonds. The summed E-state index contributed by atoms with van der Waals surface area (Å²) in [6.07, 6.45) is 2.23. The van der Waals surface area contributed by atoms with Crippen molar-refractivity contribution in [2.24, 2.45) is 0 Å². The molecule has 0 N–H and O–H groups in total. The number of aryl methyl sites for hydroxylation is 1. The van der Waals surface area contributed by atoms with Gasteiger partial charge in [0, 0.05) is 23.9 Å². The van der Waals surface area contributed by atoms with E-state index in [1.807, 2.05) is 0 Å². The molecule has 0 aliphatic carbocycles. The van der Waals surface area contributed by atoms with E-state index in [2.05, 4.69) is 78.4 Å². The van der Waals surface area contributed by atoms with Crippen LogP contribution in [0.25, 0.3) is 10.8 Å². The second-order valence-electron chi connectivity index (χ2n) is 4.66. The maximum absolute atomic E-state index is 2.30. The molecule has 0 aliphatic rings.